The molecule has 0 saturated carbocycles. The van der Waals surface area contributed by atoms with Crippen molar-refractivity contribution >= 4 is 19.2 Å². The molecule has 0 spiro atoms. The minimum atomic E-state index is -4.22. The summed E-state index contributed by atoms with van der Waals surface area (Å²) in [5, 5.41) is 19.5. The van der Waals surface area contributed by atoms with E-state index in [-0.39, 0.29) is 18.8 Å². The van der Waals surface area contributed by atoms with Gasteiger partial charge in [-0.2, -0.15) is 10.5 Å². The van der Waals surface area contributed by atoms with E-state index in [9.17, 15) is 19.9 Å². The van der Waals surface area contributed by atoms with Crippen LogP contribution >= 0.6 is 7.60 Å². The molecule has 25 heavy (non-hydrogen) atoms. The average molecular weight is 363 g/mol. The zero-order valence-corrected chi connectivity index (χ0v) is 15.0. The molecule has 1 aromatic rings. The van der Waals surface area contributed by atoms with Crippen molar-refractivity contribution in [2.45, 2.75) is 19.0 Å². The summed E-state index contributed by atoms with van der Waals surface area (Å²) in [6.07, 6.45) is 0. The van der Waals surface area contributed by atoms with Crippen molar-refractivity contribution in [1.29, 1.82) is 10.5 Å². The van der Waals surface area contributed by atoms with E-state index < -0.39 is 24.6 Å². The van der Waals surface area contributed by atoms with Crippen LogP contribution < -0.4 is 10.1 Å². The molecule has 1 N–H and O–H groups in total. The van der Waals surface area contributed by atoms with Gasteiger partial charge < -0.3 is 19.1 Å². The molecule has 1 aliphatic heterocycles. The zero-order valence-electron chi connectivity index (χ0n) is 14.1. The first-order valence-electron chi connectivity index (χ1n) is 7.63. The van der Waals surface area contributed by atoms with Gasteiger partial charge in [-0.25, -0.2) is 0 Å². The third-order valence-electron chi connectivity index (χ3n) is 3.94. The predicted octanol–water partition coefficient (Wildman–Crippen LogP) is 2.77. The minimum absolute atomic E-state index is 0.0187. The Balaban J connectivity index is 2.88. The van der Waals surface area contributed by atoms with Crippen LogP contribution in [0.1, 0.15) is 19.4 Å². The van der Waals surface area contributed by atoms with Crippen LogP contribution in [0.15, 0.2) is 18.2 Å². The van der Waals surface area contributed by atoms with E-state index in [1.165, 1.54) is 13.2 Å². The van der Waals surface area contributed by atoms with E-state index in [1.54, 1.807) is 38.1 Å². The maximum Gasteiger partial charge on any atom is 0.353 e. The van der Waals surface area contributed by atoms with Gasteiger partial charge in [0.05, 0.1) is 32.5 Å². The Morgan fingerprint density at radius 1 is 1.24 bits per heavy atom. The normalized spacial score (nSPS) is 19.0. The number of carbonyl (C=O) groups excluding carboxylic acids is 1. The molecular weight excluding hydrogens is 345 g/mol. The van der Waals surface area contributed by atoms with Gasteiger partial charge in [-0.15, -0.1) is 0 Å². The van der Waals surface area contributed by atoms with Gasteiger partial charge in [0.1, 0.15) is 5.75 Å². The lowest BCUT2D eigenvalue weighted by molar-refractivity contribution is -0.119. The number of hydrogen-bond donors (Lipinski definition) is 1. The van der Waals surface area contributed by atoms with Crippen LogP contribution in [0.3, 0.4) is 0 Å². The topological polar surface area (TPSA) is 121 Å². The largest absolute Gasteiger partial charge is 0.497 e. The fourth-order valence-electron chi connectivity index (χ4n) is 2.93. The summed E-state index contributed by atoms with van der Waals surface area (Å²) >= 11 is 0. The summed E-state index contributed by atoms with van der Waals surface area (Å²) in [6.45, 7) is 3.14. The smallest absolute Gasteiger partial charge is 0.353 e. The highest BCUT2D eigenvalue weighted by Gasteiger charge is 2.67. The predicted molar refractivity (Wildman–Crippen MR) is 88.9 cm³/mol. The minimum Gasteiger partial charge on any atom is -0.497 e. The maximum absolute atomic E-state index is 13.6. The first-order valence-corrected chi connectivity index (χ1v) is 9.17. The van der Waals surface area contributed by atoms with Crippen molar-refractivity contribution in [2.24, 2.45) is 5.92 Å². The second-order valence-corrected chi connectivity index (χ2v) is 7.37. The summed E-state index contributed by atoms with van der Waals surface area (Å²) in [5.74, 6) is -1.97. The number of hydrogen-bond acceptors (Lipinski definition) is 7. The summed E-state index contributed by atoms with van der Waals surface area (Å²) in [6, 6.07) is 8.18. The summed E-state index contributed by atoms with van der Waals surface area (Å²) in [5.41, 5.74) is 0.524. The zero-order chi connectivity index (χ0) is 18.7. The van der Waals surface area contributed by atoms with Crippen LogP contribution in [0.2, 0.25) is 0 Å². The van der Waals surface area contributed by atoms with E-state index in [1.807, 2.05) is 0 Å². The molecule has 1 aliphatic rings. The number of fused-ring (bicyclic) bond motifs is 1. The molecule has 0 aliphatic carbocycles. The Bertz CT molecular complexity index is 789. The van der Waals surface area contributed by atoms with Crippen LogP contribution in [0.5, 0.6) is 5.75 Å². The Morgan fingerprint density at radius 3 is 2.32 bits per heavy atom. The first kappa shape index (κ1) is 19.0. The second kappa shape index (κ2) is 7.25. The second-order valence-electron chi connectivity index (χ2n) is 5.16. The van der Waals surface area contributed by atoms with E-state index in [0.29, 0.717) is 11.4 Å². The first-order chi connectivity index (χ1) is 11.9. The molecule has 1 heterocycles. The van der Waals surface area contributed by atoms with E-state index >= 15 is 0 Å². The SMILES string of the molecule is CCOP(=O)(OCC)[C@]1(C(C#N)C#N)C(=O)Nc2ccc(OC)cc21. The molecule has 8 nitrogen and oxygen atoms in total. The molecule has 2 rings (SSSR count). The highest BCUT2D eigenvalue weighted by molar-refractivity contribution is 7.56. The third kappa shape index (κ3) is 2.69. The highest BCUT2D eigenvalue weighted by Crippen LogP contribution is 2.71. The monoisotopic (exact) mass is 363 g/mol. The van der Waals surface area contributed by atoms with Crippen molar-refractivity contribution in [3.05, 3.63) is 23.8 Å². The number of rotatable bonds is 7. The molecule has 132 valence electrons. The van der Waals surface area contributed by atoms with Crippen molar-refractivity contribution < 1.29 is 23.1 Å². The number of nitrogens with one attached hydrogen (secondary N) is 1. The third-order valence-corrected chi connectivity index (χ3v) is 6.70. The molecule has 1 atom stereocenters. The van der Waals surface area contributed by atoms with Crippen LogP contribution in [0, 0.1) is 28.6 Å². The maximum atomic E-state index is 13.6. The Labute approximate surface area is 145 Å². The Morgan fingerprint density at radius 2 is 1.84 bits per heavy atom. The van der Waals surface area contributed by atoms with E-state index in [2.05, 4.69) is 5.32 Å². The number of ether oxygens (including phenoxy) is 1. The van der Waals surface area contributed by atoms with Gasteiger partial charge >= 0.3 is 7.60 Å². The molecule has 9 heteroatoms. The molecule has 0 radical (unpaired) electrons. The van der Waals surface area contributed by atoms with E-state index in [4.69, 9.17) is 13.8 Å². The van der Waals surface area contributed by atoms with Gasteiger partial charge in [0.15, 0.2) is 5.92 Å². The van der Waals surface area contributed by atoms with Crippen LogP contribution in [0.25, 0.3) is 0 Å². The lowest BCUT2D eigenvalue weighted by Gasteiger charge is -2.34. The molecule has 0 saturated heterocycles. The summed E-state index contributed by atoms with van der Waals surface area (Å²) < 4.78 is 29.5. The number of carbonyl (C=O) groups is 1. The average Bonchev–Trinajstić information content (AvgIpc) is 2.89. The molecule has 0 bridgehead atoms. The van der Waals surface area contributed by atoms with Crippen molar-refractivity contribution in [1.82, 2.24) is 0 Å². The van der Waals surface area contributed by atoms with Crippen LogP contribution in [-0.2, 0) is 23.6 Å². The van der Waals surface area contributed by atoms with Gasteiger partial charge in [-0.3, -0.25) is 9.36 Å². The standard InChI is InChI=1S/C16H18N3O5P/c1-4-23-25(21,24-5-2)16(11(9-17)10-18)13-8-12(22-3)6-7-14(13)19-15(16)20/h6-8,11H,4-5H2,1-3H3,(H,19,20)/t16-/m0/s1. The summed E-state index contributed by atoms with van der Waals surface area (Å²) in [4.78, 5) is 12.9. The fraction of sp³-hybridized carbons (Fsp3) is 0.438. The Kier molecular flexibility index (Phi) is 5.49. The van der Waals surface area contributed by atoms with Gasteiger partial charge in [0.25, 0.3) is 0 Å². The van der Waals surface area contributed by atoms with Gasteiger partial charge in [0.2, 0.25) is 11.1 Å². The quantitative estimate of drug-likeness (QED) is 0.739. The number of methoxy groups -OCH3 is 1. The molecule has 1 amide bonds. The number of nitrogens with zero attached hydrogens (tertiary/aromatic N) is 2. The number of amides is 1. The molecule has 0 unspecified atom stereocenters. The van der Waals surface area contributed by atoms with Crippen LogP contribution in [-0.4, -0.2) is 26.2 Å². The number of anilines is 1. The van der Waals surface area contributed by atoms with Crippen molar-refractivity contribution in [3.63, 3.8) is 0 Å². The van der Waals surface area contributed by atoms with Crippen LogP contribution in [0.4, 0.5) is 5.69 Å². The van der Waals surface area contributed by atoms with E-state index in [0.717, 1.165) is 0 Å². The van der Waals surface area contributed by atoms with Gasteiger partial charge in [0, 0.05) is 11.3 Å². The van der Waals surface area contributed by atoms with Gasteiger partial charge in [-0.05, 0) is 32.0 Å². The molecule has 0 aromatic heterocycles. The fourth-order valence-corrected chi connectivity index (χ4v) is 5.31. The van der Waals surface area contributed by atoms with Crippen molar-refractivity contribution in [3.8, 4) is 17.9 Å². The lowest BCUT2D eigenvalue weighted by atomic mass is 9.87. The molecular formula is C16H18N3O5P. The number of nitriles is 2. The van der Waals surface area contributed by atoms with Gasteiger partial charge in [-0.1, -0.05) is 0 Å². The summed E-state index contributed by atoms with van der Waals surface area (Å²) in [7, 11) is -2.78. The highest BCUT2D eigenvalue weighted by atomic mass is 31.2. The lowest BCUT2D eigenvalue weighted by Crippen LogP contribution is -2.42. The molecule has 0 fully saturated rings. The number of benzene rings is 1. The van der Waals surface area contributed by atoms with Crippen molar-refractivity contribution in [2.75, 3.05) is 25.6 Å². The Hall–Kier alpha value is -2.38. The molecule has 1 aromatic carbocycles.